The number of aryl methyl sites for hydroxylation is 1. The van der Waals surface area contributed by atoms with E-state index in [-0.39, 0.29) is 12.0 Å². The quantitative estimate of drug-likeness (QED) is 0.751. The van der Waals surface area contributed by atoms with Crippen molar-refractivity contribution in [3.63, 3.8) is 0 Å². The fourth-order valence-corrected chi connectivity index (χ4v) is 2.01. The summed E-state index contributed by atoms with van der Waals surface area (Å²) in [5, 5.41) is 0. The number of carbonyl (C=O) groups excluding carboxylic acids is 1. The van der Waals surface area contributed by atoms with Gasteiger partial charge in [0, 0.05) is 12.0 Å². The second-order valence-corrected chi connectivity index (χ2v) is 4.45. The van der Waals surface area contributed by atoms with Crippen molar-refractivity contribution in [3.8, 4) is 0 Å². The molecular formula is C16H13F3O. The van der Waals surface area contributed by atoms with Crippen LogP contribution in [0.2, 0.25) is 0 Å². The zero-order valence-corrected chi connectivity index (χ0v) is 10.7. The third-order valence-electron chi connectivity index (χ3n) is 3.02. The Morgan fingerprint density at radius 1 is 0.900 bits per heavy atom. The van der Waals surface area contributed by atoms with Gasteiger partial charge in [0.25, 0.3) is 0 Å². The van der Waals surface area contributed by atoms with Crippen molar-refractivity contribution in [1.29, 1.82) is 0 Å². The Hall–Kier alpha value is -2.10. The van der Waals surface area contributed by atoms with E-state index in [1.54, 1.807) is 0 Å². The summed E-state index contributed by atoms with van der Waals surface area (Å²) in [5.74, 6) is -0.484. The first-order valence-corrected chi connectivity index (χ1v) is 6.22. The van der Waals surface area contributed by atoms with E-state index in [0.717, 1.165) is 11.6 Å². The van der Waals surface area contributed by atoms with Crippen LogP contribution in [0.4, 0.5) is 13.2 Å². The predicted octanol–water partition coefficient (Wildman–Crippen LogP) is 4.52. The van der Waals surface area contributed by atoms with Crippen LogP contribution >= 0.6 is 0 Å². The van der Waals surface area contributed by atoms with Crippen molar-refractivity contribution in [2.75, 3.05) is 0 Å². The zero-order valence-electron chi connectivity index (χ0n) is 10.7. The summed E-state index contributed by atoms with van der Waals surface area (Å²) in [5.41, 5.74) is -0.181. The summed E-state index contributed by atoms with van der Waals surface area (Å²) in [6.45, 7) is 0. The van der Waals surface area contributed by atoms with E-state index >= 15 is 0 Å². The molecule has 2 aromatic carbocycles. The second kappa shape index (κ2) is 5.90. The van der Waals surface area contributed by atoms with Crippen LogP contribution < -0.4 is 0 Å². The fraction of sp³-hybridized carbons (Fsp3) is 0.188. The molecule has 0 bridgehead atoms. The molecule has 2 aromatic rings. The zero-order chi connectivity index (χ0) is 14.6. The van der Waals surface area contributed by atoms with Gasteiger partial charge in [0.05, 0.1) is 5.56 Å². The van der Waals surface area contributed by atoms with E-state index < -0.39 is 17.5 Å². The number of halogens is 3. The third kappa shape index (κ3) is 3.47. The van der Waals surface area contributed by atoms with Crippen LogP contribution in [0.15, 0.2) is 54.6 Å². The van der Waals surface area contributed by atoms with Gasteiger partial charge in [-0.3, -0.25) is 4.79 Å². The average molecular weight is 278 g/mol. The summed E-state index contributed by atoms with van der Waals surface area (Å²) in [6, 6.07) is 14.1. The minimum Gasteiger partial charge on any atom is -0.294 e. The van der Waals surface area contributed by atoms with E-state index in [1.807, 2.05) is 30.3 Å². The Balaban J connectivity index is 2.14. The van der Waals surface area contributed by atoms with E-state index in [0.29, 0.717) is 6.42 Å². The first-order chi connectivity index (χ1) is 9.48. The molecule has 0 aliphatic heterocycles. The third-order valence-corrected chi connectivity index (χ3v) is 3.02. The number of rotatable bonds is 4. The van der Waals surface area contributed by atoms with Gasteiger partial charge >= 0.3 is 6.18 Å². The molecule has 0 saturated heterocycles. The van der Waals surface area contributed by atoms with Crippen molar-refractivity contribution < 1.29 is 18.0 Å². The van der Waals surface area contributed by atoms with Crippen molar-refractivity contribution >= 4 is 5.78 Å². The molecule has 1 nitrogen and oxygen atoms in total. The number of carbonyl (C=O) groups is 1. The largest absolute Gasteiger partial charge is 0.417 e. The Morgan fingerprint density at radius 2 is 1.50 bits per heavy atom. The summed E-state index contributed by atoms with van der Waals surface area (Å²) < 4.78 is 38.5. The molecule has 4 heteroatoms. The summed E-state index contributed by atoms with van der Waals surface area (Å²) in [6.07, 6.45) is -4.00. The van der Waals surface area contributed by atoms with Crippen LogP contribution in [-0.2, 0) is 12.6 Å². The van der Waals surface area contributed by atoms with Crippen molar-refractivity contribution in [1.82, 2.24) is 0 Å². The highest BCUT2D eigenvalue weighted by Crippen LogP contribution is 2.32. The normalized spacial score (nSPS) is 11.3. The van der Waals surface area contributed by atoms with Crippen molar-refractivity contribution in [2.45, 2.75) is 19.0 Å². The molecule has 20 heavy (non-hydrogen) atoms. The molecular weight excluding hydrogens is 265 g/mol. The number of ketones is 1. The second-order valence-electron chi connectivity index (χ2n) is 4.45. The Bertz CT molecular complexity index is 588. The van der Waals surface area contributed by atoms with Crippen LogP contribution in [0.25, 0.3) is 0 Å². The number of benzene rings is 2. The highest BCUT2D eigenvalue weighted by Gasteiger charge is 2.34. The molecule has 0 atom stereocenters. The lowest BCUT2D eigenvalue weighted by atomic mass is 9.98. The molecule has 0 heterocycles. The first kappa shape index (κ1) is 14.3. The Morgan fingerprint density at radius 3 is 2.15 bits per heavy atom. The molecule has 0 saturated carbocycles. The molecule has 0 aliphatic carbocycles. The van der Waals surface area contributed by atoms with Gasteiger partial charge in [-0.2, -0.15) is 13.2 Å². The maximum absolute atomic E-state index is 12.8. The number of hydrogen-bond donors (Lipinski definition) is 0. The number of Topliss-reactive ketones (excluding diaryl/α,β-unsaturated/α-hetero) is 1. The van der Waals surface area contributed by atoms with Crippen molar-refractivity contribution in [2.24, 2.45) is 0 Å². The molecule has 2 rings (SSSR count). The fourth-order valence-electron chi connectivity index (χ4n) is 2.01. The van der Waals surface area contributed by atoms with Gasteiger partial charge < -0.3 is 0 Å². The van der Waals surface area contributed by atoms with Crippen LogP contribution in [0.5, 0.6) is 0 Å². The topological polar surface area (TPSA) is 17.1 Å². The maximum atomic E-state index is 12.8. The summed E-state index contributed by atoms with van der Waals surface area (Å²) in [4.78, 5) is 12.0. The molecule has 0 radical (unpaired) electrons. The van der Waals surface area contributed by atoms with Crippen LogP contribution in [-0.4, -0.2) is 5.78 Å². The molecule has 0 amide bonds. The highest BCUT2D eigenvalue weighted by molar-refractivity contribution is 5.97. The van der Waals surface area contributed by atoms with Gasteiger partial charge in [-0.15, -0.1) is 0 Å². The summed E-state index contributed by atoms with van der Waals surface area (Å²) >= 11 is 0. The molecule has 0 spiro atoms. The SMILES string of the molecule is O=C(CCc1ccccc1)c1ccccc1C(F)(F)F. The Labute approximate surface area is 115 Å². The lowest BCUT2D eigenvalue weighted by Crippen LogP contribution is -2.13. The number of hydrogen-bond acceptors (Lipinski definition) is 1. The monoisotopic (exact) mass is 278 g/mol. The van der Waals surface area contributed by atoms with Gasteiger partial charge in [0.15, 0.2) is 5.78 Å². The highest BCUT2D eigenvalue weighted by atomic mass is 19.4. The first-order valence-electron chi connectivity index (χ1n) is 6.22. The van der Waals surface area contributed by atoms with Crippen LogP contribution in [0.3, 0.4) is 0 Å². The van der Waals surface area contributed by atoms with Crippen molar-refractivity contribution in [3.05, 3.63) is 71.3 Å². The van der Waals surface area contributed by atoms with E-state index in [1.165, 1.54) is 18.2 Å². The van der Waals surface area contributed by atoms with Gasteiger partial charge in [-0.25, -0.2) is 0 Å². The molecule has 0 aromatic heterocycles. The van der Waals surface area contributed by atoms with E-state index in [4.69, 9.17) is 0 Å². The minimum absolute atomic E-state index is 0.0666. The van der Waals surface area contributed by atoms with Crippen LogP contribution in [0.1, 0.15) is 27.9 Å². The molecule has 0 N–H and O–H groups in total. The van der Waals surface area contributed by atoms with Crippen LogP contribution in [0, 0.1) is 0 Å². The van der Waals surface area contributed by atoms with Gasteiger partial charge in [0.1, 0.15) is 0 Å². The lowest BCUT2D eigenvalue weighted by Gasteiger charge is -2.11. The summed E-state index contributed by atoms with van der Waals surface area (Å²) in [7, 11) is 0. The molecule has 0 aliphatic rings. The van der Waals surface area contributed by atoms with Gasteiger partial charge in [-0.1, -0.05) is 48.5 Å². The average Bonchev–Trinajstić information content (AvgIpc) is 2.45. The number of alkyl halides is 3. The van der Waals surface area contributed by atoms with E-state index in [9.17, 15) is 18.0 Å². The van der Waals surface area contributed by atoms with E-state index in [2.05, 4.69) is 0 Å². The van der Waals surface area contributed by atoms with Gasteiger partial charge in [-0.05, 0) is 18.1 Å². The molecule has 0 unspecified atom stereocenters. The molecule has 104 valence electrons. The minimum atomic E-state index is -4.50. The lowest BCUT2D eigenvalue weighted by molar-refractivity contribution is -0.137. The molecule has 0 fully saturated rings. The predicted molar refractivity (Wildman–Crippen MR) is 70.5 cm³/mol. The standard InChI is InChI=1S/C16H13F3O/c17-16(18,19)14-9-5-4-8-13(14)15(20)11-10-12-6-2-1-3-7-12/h1-9H,10-11H2. The maximum Gasteiger partial charge on any atom is 0.417 e. The smallest absolute Gasteiger partial charge is 0.294 e. The van der Waals surface area contributed by atoms with Gasteiger partial charge in [0.2, 0.25) is 0 Å². The Kier molecular flexibility index (Phi) is 4.23.